The quantitative estimate of drug-likeness (QED) is 0.258. The van der Waals surface area contributed by atoms with Crippen LogP contribution in [0.2, 0.25) is 0 Å². The van der Waals surface area contributed by atoms with E-state index in [4.69, 9.17) is 9.73 Å². The number of hydrogen-bond acceptors (Lipinski definition) is 3. The van der Waals surface area contributed by atoms with Crippen molar-refractivity contribution < 1.29 is 9.53 Å². The molecule has 0 heterocycles. The molecule has 0 bridgehead atoms. The van der Waals surface area contributed by atoms with Gasteiger partial charge in [0, 0.05) is 11.1 Å². The summed E-state index contributed by atoms with van der Waals surface area (Å²) < 4.78 is 5.26. The lowest BCUT2D eigenvalue weighted by molar-refractivity contribution is 0.100. The topological polar surface area (TPSA) is 41.9 Å². The second kappa shape index (κ2) is 9.96. The molecule has 0 aliphatic heterocycles. The molecule has 0 N–H and O–H groups in total. The number of amides is 1. The third kappa shape index (κ3) is 5.18. The van der Waals surface area contributed by atoms with Crippen LogP contribution in [0.5, 0.6) is 5.75 Å². The molecule has 33 heavy (non-hydrogen) atoms. The van der Waals surface area contributed by atoms with Gasteiger partial charge in [0.2, 0.25) is 0 Å². The molecule has 0 radical (unpaired) electrons. The molecular formula is C29H26N2O2. The molecule has 0 fully saturated rings. The van der Waals surface area contributed by atoms with Gasteiger partial charge in [0.25, 0.3) is 5.91 Å². The molecule has 4 aromatic carbocycles. The number of aryl methyl sites for hydroxylation is 2. The minimum atomic E-state index is -0.170. The van der Waals surface area contributed by atoms with Gasteiger partial charge in [-0.2, -0.15) is 0 Å². The van der Waals surface area contributed by atoms with E-state index in [1.165, 1.54) is 0 Å². The van der Waals surface area contributed by atoms with Gasteiger partial charge >= 0.3 is 0 Å². The average Bonchev–Trinajstić information content (AvgIpc) is 2.86. The number of nitrogens with zero attached hydrogens (tertiary/aromatic N) is 2. The second-order valence-corrected chi connectivity index (χ2v) is 7.84. The van der Waals surface area contributed by atoms with Crippen LogP contribution >= 0.6 is 0 Å². The van der Waals surface area contributed by atoms with Gasteiger partial charge in [0.15, 0.2) is 0 Å². The fourth-order valence-corrected chi connectivity index (χ4v) is 3.46. The van der Waals surface area contributed by atoms with Crippen LogP contribution in [0.15, 0.2) is 108 Å². The van der Waals surface area contributed by atoms with Crippen LogP contribution in [-0.2, 0) is 0 Å². The minimum absolute atomic E-state index is 0.170. The van der Waals surface area contributed by atoms with E-state index in [1.54, 1.807) is 36.3 Å². The van der Waals surface area contributed by atoms with E-state index < -0.39 is 0 Å². The molecule has 0 saturated heterocycles. The first-order valence-corrected chi connectivity index (χ1v) is 10.8. The van der Waals surface area contributed by atoms with E-state index in [1.807, 2.05) is 92.7 Å². The summed E-state index contributed by atoms with van der Waals surface area (Å²) in [5.41, 5.74) is 5.19. The van der Waals surface area contributed by atoms with Crippen molar-refractivity contribution >= 4 is 23.1 Å². The fourth-order valence-electron chi connectivity index (χ4n) is 3.46. The SMILES string of the molecule is COc1ccc(C(=O)N(C(=Nc2ccc(C)cc2)c2ccccc2)c2ccc(C)cc2)cc1. The number of benzene rings is 4. The number of carbonyl (C=O) groups is 1. The number of hydrogen-bond donors (Lipinski definition) is 0. The van der Waals surface area contributed by atoms with Gasteiger partial charge < -0.3 is 4.74 Å². The van der Waals surface area contributed by atoms with E-state index >= 15 is 0 Å². The lowest BCUT2D eigenvalue weighted by Crippen LogP contribution is -2.37. The maximum atomic E-state index is 13.9. The van der Waals surface area contributed by atoms with Gasteiger partial charge in [-0.15, -0.1) is 0 Å². The highest BCUT2D eigenvalue weighted by Gasteiger charge is 2.25. The van der Waals surface area contributed by atoms with Crippen LogP contribution in [0.3, 0.4) is 0 Å². The zero-order valence-corrected chi connectivity index (χ0v) is 19.0. The summed E-state index contributed by atoms with van der Waals surface area (Å²) in [5, 5.41) is 0. The number of carbonyl (C=O) groups excluding carboxylic acids is 1. The maximum absolute atomic E-state index is 13.9. The molecular weight excluding hydrogens is 408 g/mol. The Morgan fingerprint density at radius 2 is 1.27 bits per heavy atom. The summed E-state index contributed by atoms with van der Waals surface area (Å²) >= 11 is 0. The van der Waals surface area contributed by atoms with Crippen molar-refractivity contribution in [3.8, 4) is 5.75 Å². The lowest BCUT2D eigenvalue weighted by atomic mass is 10.1. The Hall–Kier alpha value is -4.18. The first-order valence-electron chi connectivity index (χ1n) is 10.8. The van der Waals surface area contributed by atoms with Crippen molar-refractivity contribution in [3.63, 3.8) is 0 Å². The van der Waals surface area contributed by atoms with E-state index in [0.717, 1.165) is 28.1 Å². The Morgan fingerprint density at radius 3 is 1.85 bits per heavy atom. The zero-order valence-electron chi connectivity index (χ0n) is 19.0. The Labute approximate surface area is 194 Å². The van der Waals surface area contributed by atoms with E-state index in [2.05, 4.69) is 0 Å². The van der Waals surface area contributed by atoms with Gasteiger partial charge in [-0.05, 0) is 62.4 Å². The first kappa shape index (κ1) is 22.0. The Kier molecular flexibility index (Phi) is 6.65. The summed E-state index contributed by atoms with van der Waals surface area (Å²) in [4.78, 5) is 20.5. The van der Waals surface area contributed by atoms with Gasteiger partial charge in [0.05, 0.1) is 18.5 Å². The third-order valence-corrected chi connectivity index (χ3v) is 5.34. The standard InChI is InChI=1S/C29H26N2O2/c1-21-9-15-25(16-10-21)30-28(23-7-5-4-6-8-23)31(26-17-11-22(2)12-18-26)29(32)24-13-19-27(33-3)20-14-24/h4-20H,1-3H3. The molecule has 4 nitrogen and oxygen atoms in total. The van der Waals surface area contributed by atoms with Crippen molar-refractivity contribution in [2.75, 3.05) is 12.0 Å². The Balaban J connectivity index is 1.89. The molecule has 1 amide bonds. The van der Waals surface area contributed by atoms with E-state index in [9.17, 15) is 4.79 Å². The second-order valence-electron chi connectivity index (χ2n) is 7.84. The van der Waals surface area contributed by atoms with Crippen molar-refractivity contribution in [1.29, 1.82) is 0 Å². The number of amidine groups is 1. The van der Waals surface area contributed by atoms with Gasteiger partial charge in [0.1, 0.15) is 11.6 Å². The van der Waals surface area contributed by atoms with E-state index in [0.29, 0.717) is 17.1 Å². The summed E-state index contributed by atoms with van der Waals surface area (Å²) in [7, 11) is 1.61. The molecule has 4 rings (SSSR count). The molecule has 4 heteroatoms. The highest BCUT2D eigenvalue weighted by atomic mass is 16.5. The van der Waals surface area contributed by atoms with E-state index in [-0.39, 0.29) is 5.91 Å². The smallest absolute Gasteiger partial charge is 0.264 e. The molecule has 0 spiro atoms. The van der Waals surface area contributed by atoms with Crippen LogP contribution in [0, 0.1) is 13.8 Å². The van der Waals surface area contributed by atoms with Crippen molar-refractivity contribution in [2.45, 2.75) is 13.8 Å². The van der Waals surface area contributed by atoms with Crippen molar-refractivity contribution in [3.05, 3.63) is 125 Å². The van der Waals surface area contributed by atoms with Crippen LogP contribution in [0.1, 0.15) is 27.0 Å². The third-order valence-electron chi connectivity index (χ3n) is 5.34. The molecule has 164 valence electrons. The molecule has 4 aromatic rings. The molecule has 0 aliphatic carbocycles. The molecule has 0 unspecified atom stereocenters. The van der Waals surface area contributed by atoms with Gasteiger partial charge in [-0.25, -0.2) is 4.99 Å². The Morgan fingerprint density at radius 1 is 0.697 bits per heavy atom. The number of rotatable bonds is 5. The summed E-state index contributed by atoms with van der Waals surface area (Å²) in [6.07, 6.45) is 0. The molecule has 0 aliphatic rings. The maximum Gasteiger partial charge on any atom is 0.264 e. The Bertz CT molecular complexity index is 1240. The number of ether oxygens (including phenoxy) is 1. The number of methoxy groups -OCH3 is 1. The van der Waals surface area contributed by atoms with Crippen molar-refractivity contribution in [1.82, 2.24) is 0 Å². The predicted octanol–water partition coefficient (Wildman–Crippen LogP) is 6.74. The predicted molar refractivity (Wildman–Crippen MR) is 135 cm³/mol. The lowest BCUT2D eigenvalue weighted by Gasteiger charge is -2.25. The van der Waals surface area contributed by atoms with Crippen LogP contribution in [-0.4, -0.2) is 18.9 Å². The summed E-state index contributed by atoms with van der Waals surface area (Å²) in [5.74, 6) is 1.09. The van der Waals surface area contributed by atoms with Crippen LogP contribution in [0.25, 0.3) is 0 Å². The zero-order chi connectivity index (χ0) is 23.2. The molecule has 0 atom stereocenters. The van der Waals surface area contributed by atoms with Crippen LogP contribution in [0.4, 0.5) is 11.4 Å². The highest BCUT2D eigenvalue weighted by Crippen LogP contribution is 2.25. The minimum Gasteiger partial charge on any atom is -0.497 e. The monoisotopic (exact) mass is 434 g/mol. The van der Waals surface area contributed by atoms with Gasteiger partial charge in [-0.1, -0.05) is 65.7 Å². The number of anilines is 1. The summed E-state index contributed by atoms with van der Waals surface area (Å²) in [6.45, 7) is 4.06. The normalized spacial score (nSPS) is 11.2. The summed E-state index contributed by atoms with van der Waals surface area (Å²) in [6, 6.07) is 32.8. The fraction of sp³-hybridized carbons (Fsp3) is 0.103. The van der Waals surface area contributed by atoms with Crippen LogP contribution < -0.4 is 9.64 Å². The number of aliphatic imine (C=N–C) groups is 1. The van der Waals surface area contributed by atoms with Gasteiger partial charge in [-0.3, -0.25) is 9.69 Å². The van der Waals surface area contributed by atoms with Crippen molar-refractivity contribution in [2.24, 2.45) is 4.99 Å². The first-order chi connectivity index (χ1) is 16.0. The largest absolute Gasteiger partial charge is 0.497 e. The highest BCUT2D eigenvalue weighted by molar-refractivity contribution is 6.28. The molecule has 0 aromatic heterocycles. The molecule has 0 saturated carbocycles. The average molecular weight is 435 g/mol.